The fourth-order valence-electron chi connectivity index (χ4n) is 3.85. The Labute approximate surface area is 183 Å². The lowest BCUT2D eigenvalue weighted by Crippen LogP contribution is -2.34. The van der Waals surface area contributed by atoms with Gasteiger partial charge in [-0.1, -0.05) is 0 Å². The second-order valence-corrected chi connectivity index (χ2v) is 9.97. The number of carbonyl (C=O) groups is 2. The SMILES string of the molecule is CCN(C(=O)C[C@@H](C)S(=O)(=O)c1ccc2c(c1)CCN2C(C)=O)c1ccc(OC)cc1. The van der Waals surface area contributed by atoms with Gasteiger partial charge in [-0.05, 0) is 68.3 Å². The van der Waals surface area contributed by atoms with Crippen LogP contribution in [0.1, 0.15) is 32.8 Å². The predicted octanol–water partition coefficient (Wildman–Crippen LogP) is 3.21. The summed E-state index contributed by atoms with van der Waals surface area (Å²) in [7, 11) is -2.13. The van der Waals surface area contributed by atoms with E-state index in [0.29, 0.717) is 30.9 Å². The minimum absolute atomic E-state index is 0.0634. The summed E-state index contributed by atoms with van der Waals surface area (Å²) in [6.45, 7) is 5.88. The van der Waals surface area contributed by atoms with Gasteiger partial charge in [0.1, 0.15) is 5.75 Å². The summed E-state index contributed by atoms with van der Waals surface area (Å²) in [5, 5.41) is -0.879. The van der Waals surface area contributed by atoms with Gasteiger partial charge in [-0.2, -0.15) is 0 Å². The van der Waals surface area contributed by atoms with Crippen molar-refractivity contribution < 1.29 is 22.7 Å². The molecule has 0 radical (unpaired) electrons. The average Bonchev–Trinajstić information content (AvgIpc) is 3.18. The second kappa shape index (κ2) is 9.09. The van der Waals surface area contributed by atoms with Gasteiger partial charge in [0.15, 0.2) is 9.84 Å². The van der Waals surface area contributed by atoms with Gasteiger partial charge in [-0.3, -0.25) is 9.59 Å². The van der Waals surface area contributed by atoms with Gasteiger partial charge >= 0.3 is 0 Å². The van der Waals surface area contributed by atoms with Crippen molar-refractivity contribution in [3.05, 3.63) is 48.0 Å². The van der Waals surface area contributed by atoms with E-state index < -0.39 is 15.1 Å². The van der Waals surface area contributed by atoms with Gasteiger partial charge < -0.3 is 14.5 Å². The zero-order chi connectivity index (χ0) is 22.8. The first-order valence-electron chi connectivity index (χ1n) is 10.3. The van der Waals surface area contributed by atoms with Crippen LogP contribution in [0.2, 0.25) is 0 Å². The van der Waals surface area contributed by atoms with E-state index in [2.05, 4.69) is 0 Å². The van der Waals surface area contributed by atoms with Crippen molar-refractivity contribution in [2.45, 2.75) is 43.8 Å². The first-order chi connectivity index (χ1) is 14.7. The Kier molecular flexibility index (Phi) is 6.69. The largest absolute Gasteiger partial charge is 0.497 e. The highest BCUT2D eigenvalue weighted by atomic mass is 32.2. The normalized spacial score (nSPS) is 14.1. The van der Waals surface area contributed by atoms with Crippen molar-refractivity contribution in [3.8, 4) is 5.75 Å². The molecule has 1 aliphatic heterocycles. The maximum absolute atomic E-state index is 13.1. The molecule has 2 amide bonds. The van der Waals surface area contributed by atoms with Crippen LogP contribution in [-0.4, -0.2) is 45.7 Å². The zero-order valence-corrected chi connectivity index (χ0v) is 19.1. The summed E-state index contributed by atoms with van der Waals surface area (Å²) >= 11 is 0. The number of benzene rings is 2. The Morgan fingerprint density at radius 2 is 1.84 bits per heavy atom. The monoisotopic (exact) mass is 444 g/mol. The van der Waals surface area contributed by atoms with Crippen LogP contribution in [0.25, 0.3) is 0 Å². The van der Waals surface area contributed by atoms with E-state index in [-0.39, 0.29) is 23.1 Å². The van der Waals surface area contributed by atoms with E-state index in [1.54, 1.807) is 60.2 Å². The van der Waals surface area contributed by atoms with Crippen LogP contribution in [0.15, 0.2) is 47.4 Å². The molecule has 31 heavy (non-hydrogen) atoms. The number of nitrogens with zero attached hydrogens (tertiary/aromatic N) is 2. The lowest BCUT2D eigenvalue weighted by atomic mass is 10.2. The van der Waals surface area contributed by atoms with Crippen LogP contribution in [0.5, 0.6) is 5.75 Å². The molecule has 3 rings (SSSR count). The van der Waals surface area contributed by atoms with Crippen molar-refractivity contribution in [2.24, 2.45) is 0 Å². The molecule has 0 unspecified atom stereocenters. The third kappa shape index (κ3) is 4.58. The first kappa shape index (κ1) is 22.8. The third-order valence-corrected chi connectivity index (χ3v) is 7.79. The zero-order valence-electron chi connectivity index (χ0n) is 18.3. The van der Waals surface area contributed by atoms with Crippen molar-refractivity contribution in [2.75, 3.05) is 30.0 Å². The number of hydrogen-bond acceptors (Lipinski definition) is 5. The quantitative estimate of drug-likeness (QED) is 0.655. The molecule has 2 aromatic carbocycles. The lowest BCUT2D eigenvalue weighted by Gasteiger charge is -2.23. The highest BCUT2D eigenvalue weighted by molar-refractivity contribution is 7.92. The van der Waals surface area contributed by atoms with Gasteiger partial charge in [0.05, 0.1) is 17.3 Å². The van der Waals surface area contributed by atoms with Crippen molar-refractivity contribution in [1.82, 2.24) is 0 Å². The van der Waals surface area contributed by atoms with Crippen LogP contribution in [0, 0.1) is 0 Å². The number of ether oxygens (including phenoxy) is 1. The standard InChI is InChI=1S/C23H28N2O5S/c1-5-24(19-6-8-20(30-4)9-7-19)23(27)14-16(2)31(28,29)21-10-11-22-18(15-21)12-13-25(22)17(3)26/h6-11,15-16H,5,12-14H2,1-4H3/t16-/m1/s1. The molecular formula is C23H28N2O5S. The molecule has 0 saturated carbocycles. The highest BCUT2D eigenvalue weighted by Crippen LogP contribution is 2.32. The Morgan fingerprint density at radius 1 is 1.16 bits per heavy atom. The third-order valence-electron chi connectivity index (χ3n) is 5.65. The summed E-state index contributed by atoms with van der Waals surface area (Å²) in [6.07, 6.45) is 0.492. The summed E-state index contributed by atoms with van der Waals surface area (Å²) in [4.78, 5) is 28.0. The molecule has 1 aliphatic rings. The Bertz CT molecular complexity index is 1080. The molecule has 0 N–H and O–H groups in total. The molecule has 2 aromatic rings. The van der Waals surface area contributed by atoms with E-state index in [1.165, 1.54) is 13.0 Å². The number of methoxy groups -OCH3 is 1. The molecule has 0 saturated heterocycles. The minimum Gasteiger partial charge on any atom is -0.497 e. The maximum Gasteiger partial charge on any atom is 0.228 e. The van der Waals surface area contributed by atoms with Gasteiger partial charge in [-0.15, -0.1) is 0 Å². The van der Waals surface area contributed by atoms with Crippen molar-refractivity contribution in [3.63, 3.8) is 0 Å². The fraction of sp³-hybridized carbons (Fsp3) is 0.391. The van der Waals surface area contributed by atoms with Crippen LogP contribution < -0.4 is 14.5 Å². The smallest absolute Gasteiger partial charge is 0.228 e. The number of hydrogen-bond donors (Lipinski definition) is 0. The van der Waals surface area contributed by atoms with E-state index in [1.807, 2.05) is 6.92 Å². The number of fused-ring (bicyclic) bond motifs is 1. The fourth-order valence-corrected chi connectivity index (χ4v) is 5.24. The highest BCUT2D eigenvalue weighted by Gasteiger charge is 2.30. The van der Waals surface area contributed by atoms with Crippen LogP contribution in [0.3, 0.4) is 0 Å². The summed E-state index contributed by atoms with van der Waals surface area (Å²) in [6, 6.07) is 11.9. The molecule has 0 fully saturated rings. The number of sulfone groups is 1. The Hall–Kier alpha value is -2.87. The van der Waals surface area contributed by atoms with Crippen LogP contribution >= 0.6 is 0 Å². The van der Waals surface area contributed by atoms with E-state index in [0.717, 1.165) is 11.3 Å². The second-order valence-electron chi connectivity index (χ2n) is 7.61. The number of carbonyl (C=O) groups excluding carboxylic acids is 2. The molecule has 0 aliphatic carbocycles. The van der Waals surface area contributed by atoms with Crippen molar-refractivity contribution >= 4 is 33.0 Å². The lowest BCUT2D eigenvalue weighted by molar-refractivity contribution is -0.118. The number of rotatable bonds is 7. The molecular weight excluding hydrogens is 416 g/mol. The number of amides is 2. The molecule has 0 bridgehead atoms. The summed E-state index contributed by atoms with van der Waals surface area (Å²) < 4.78 is 31.4. The van der Waals surface area contributed by atoms with Gasteiger partial charge in [0.25, 0.3) is 0 Å². The van der Waals surface area contributed by atoms with Crippen LogP contribution in [-0.2, 0) is 25.8 Å². The van der Waals surface area contributed by atoms with E-state index in [4.69, 9.17) is 4.74 Å². The molecule has 0 spiro atoms. The molecule has 1 heterocycles. The maximum atomic E-state index is 13.1. The molecule has 0 aromatic heterocycles. The summed E-state index contributed by atoms with van der Waals surface area (Å²) in [5.41, 5.74) is 2.29. The average molecular weight is 445 g/mol. The van der Waals surface area contributed by atoms with Gasteiger partial charge in [0, 0.05) is 37.8 Å². The molecule has 8 heteroatoms. The molecule has 7 nitrogen and oxygen atoms in total. The van der Waals surface area contributed by atoms with Gasteiger partial charge in [0.2, 0.25) is 11.8 Å². The predicted molar refractivity (Wildman–Crippen MR) is 120 cm³/mol. The first-order valence-corrected chi connectivity index (χ1v) is 11.8. The Balaban J connectivity index is 1.77. The van der Waals surface area contributed by atoms with E-state index in [9.17, 15) is 18.0 Å². The topological polar surface area (TPSA) is 84.0 Å². The molecule has 166 valence electrons. The number of anilines is 2. The molecule has 1 atom stereocenters. The Morgan fingerprint density at radius 3 is 2.42 bits per heavy atom. The van der Waals surface area contributed by atoms with Crippen molar-refractivity contribution in [1.29, 1.82) is 0 Å². The van der Waals surface area contributed by atoms with Gasteiger partial charge in [-0.25, -0.2) is 8.42 Å². The summed E-state index contributed by atoms with van der Waals surface area (Å²) in [5.74, 6) is 0.363. The van der Waals surface area contributed by atoms with E-state index >= 15 is 0 Å². The van der Waals surface area contributed by atoms with Crippen LogP contribution in [0.4, 0.5) is 11.4 Å². The minimum atomic E-state index is -3.70.